The molecule has 218 valence electrons. The number of nitrogens with one attached hydrogen (secondary N) is 2. The molecule has 5 rings (SSSR count). The largest absolute Gasteiger partial charge is 0.493 e. The number of ether oxygens (including phenoxy) is 2. The second-order valence-corrected chi connectivity index (χ2v) is 11.7. The summed E-state index contributed by atoms with van der Waals surface area (Å²) in [5.74, 6) is 1.64. The van der Waals surface area contributed by atoms with Gasteiger partial charge in [0.1, 0.15) is 18.5 Å². The number of aromatic nitrogens is 3. The van der Waals surface area contributed by atoms with E-state index in [0.717, 1.165) is 29.0 Å². The van der Waals surface area contributed by atoms with Crippen molar-refractivity contribution in [1.82, 2.24) is 14.8 Å². The van der Waals surface area contributed by atoms with Crippen LogP contribution in [0.3, 0.4) is 0 Å². The fraction of sp³-hybridized carbons (Fsp3) is 0.258. The molecule has 0 spiro atoms. The number of para-hydroxylation sites is 1. The van der Waals surface area contributed by atoms with Crippen LogP contribution >= 0.6 is 27.7 Å². The minimum absolute atomic E-state index is 0.0165. The van der Waals surface area contributed by atoms with Crippen molar-refractivity contribution in [1.29, 1.82) is 0 Å². The molecule has 4 aromatic rings. The highest BCUT2D eigenvalue weighted by Gasteiger charge is 2.35. The molecule has 0 fully saturated rings. The molecule has 1 atom stereocenters. The van der Waals surface area contributed by atoms with Gasteiger partial charge in [-0.25, -0.2) is 9.07 Å². The van der Waals surface area contributed by atoms with Gasteiger partial charge in [-0.1, -0.05) is 55.1 Å². The Hall–Kier alpha value is -3.83. The first-order chi connectivity index (χ1) is 20.3. The van der Waals surface area contributed by atoms with Gasteiger partial charge in [-0.2, -0.15) is 4.98 Å². The SMILES string of the molecule is CCCSc1nc2n(n1)C(c1cc(Br)c(OCc3ccccc3F)c(OC)c1)C(C(=O)Nc1ccccc1C)=C(C)N2. The monoisotopic (exact) mass is 651 g/mol. The van der Waals surface area contributed by atoms with E-state index in [1.807, 2.05) is 50.2 Å². The van der Waals surface area contributed by atoms with Crippen LogP contribution in [0.15, 0.2) is 81.6 Å². The lowest BCUT2D eigenvalue weighted by Crippen LogP contribution is -2.31. The predicted molar refractivity (Wildman–Crippen MR) is 167 cm³/mol. The van der Waals surface area contributed by atoms with Crippen LogP contribution in [0, 0.1) is 12.7 Å². The van der Waals surface area contributed by atoms with E-state index in [-0.39, 0.29) is 18.3 Å². The first-order valence-electron chi connectivity index (χ1n) is 13.5. The fourth-order valence-electron chi connectivity index (χ4n) is 4.69. The van der Waals surface area contributed by atoms with Crippen LogP contribution < -0.4 is 20.1 Å². The summed E-state index contributed by atoms with van der Waals surface area (Å²) in [6.07, 6.45) is 0.977. The summed E-state index contributed by atoms with van der Waals surface area (Å²) in [6.45, 7) is 5.92. The van der Waals surface area contributed by atoms with Gasteiger partial charge in [0.15, 0.2) is 11.5 Å². The van der Waals surface area contributed by atoms with Gasteiger partial charge in [-0.15, -0.1) is 5.10 Å². The Balaban J connectivity index is 1.56. The smallest absolute Gasteiger partial charge is 0.255 e. The quantitative estimate of drug-likeness (QED) is 0.172. The maximum absolute atomic E-state index is 14.3. The van der Waals surface area contributed by atoms with Gasteiger partial charge < -0.3 is 20.1 Å². The van der Waals surface area contributed by atoms with E-state index in [1.54, 1.807) is 34.6 Å². The van der Waals surface area contributed by atoms with Crippen molar-refractivity contribution in [2.24, 2.45) is 0 Å². The molecule has 8 nitrogen and oxygen atoms in total. The van der Waals surface area contributed by atoms with E-state index in [9.17, 15) is 9.18 Å². The maximum atomic E-state index is 14.3. The van der Waals surface area contributed by atoms with Crippen LogP contribution in [0.5, 0.6) is 11.5 Å². The second-order valence-electron chi connectivity index (χ2n) is 9.76. The number of nitrogens with zero attached hydrogens (tertiary/aromatic N) is 3. The molecule has 0 aliphatic carbocycles. The van der Waals surface area contributed by atoms with Crippen LogP contribution in [0.4, 0.5) is 16.0 Å². The third kappa shape index (κ3) is 6.17. The van der Waals surface area contributed by atoms with Gasteiger partial charge in [-0.3, -0.25) is 4.79 Å². The summed E-state index contributed by atoms with van der Waals surface area (Å²) < 4.78 is 28.3. The highest BCUT2D eigenvalue weighted by molar-refractivity contribution is 9.10. The van der Waals surface area contributed by atoms with E-state index < -0.39 is 6.04 Å². The Bertz CT molecular complexity index is 1660. The van der Waals surface area contributed by atoms with Gasteiger partial charge in [0, 0.05) is 22.7 Å². The van der Waals surface area contributed by atoms with E-state index >= 15 is 0 Å². The highest BCUT2D eigenvalue weighted by Crippen LogP contribution is 2.43. The zero-order chi connectivity index (χ0) is 29.8. The average molecular weight is 653 g/mol. The molecular formula is C31H31BrFN5O3S. The molecule has 2 heterocycles. The van der Waals surface area contributed by atoms with Crippen molar-refractivity contribution in [2.75, 3.05) is 23.5 Å². The van der Waals surface area contributed by atoms with E-state index in [0.29, 0.717) is 43.9 Å². The number of rotatable bonds is 10. The summed E-state index contributed by atoms with van der Waals surface area (Å²) in [5, 5.41) is 11.8. The standard InChI is InChI=1S/C31H31BrFN5O3S/c1-5-14-42-31-36-30-34-19(3)26(29(39)35-24-13-9-6-10-18(24)2)27(38(30)37-31)21-15-22(32)28(25(16-21)40-4)41-17-20-11-7-8-12-23(20)33/h6-13,15-16,27H,5,14,17H2,1-4H3,(H,35,39)(H,34,36,37). The van der Waals surface area contributed by atoms with Crippen LogP contribution in [0.1, 0.15) is 43.0 Å². The molecule has 42 heavy (non-hydrogen) atoms. The molecule has 1 amide bonds. The second kappa shape index (κ2) is 13.0. The molecule has 0 saturated carbocycles. The molecule has 11 heteroatoms. The van der Waals surface area contributed by atoms with Gasteiger partial charge in [-0.05, 0) is 71.6 Å². The van der Waals surface area contributed by atoms with Gasteiger partial charge in [0.25, 0.3) is 5.91 Å². The number of allylic oxidation sites excluding steroid dienone is 1. The summed E-state index contributed by atoms with van der Waals surface area (Å²) >= 11 is 5.19. The molecule has 1 aliphatic rings. The molecular weight excluding hydrogens is 621 g/mol. The number of benzene rings is 3. The van der Waals surface area contributed by atoms with E-state index in [1.165, 1.54) is 13.2 Å². The molecule has 0 radical (unpaired) electrons. The minimum atomic E-state index is -0.625. The number of carbonyl (C=O) groups excluding carboxylic acids is 1. The molecule has 1 aliphatic heterocycles. The molecule has 2 N–H and O–H groups in total. The predicted octanol–water partition coefficient (Wildman–Crippen LogP) is 7.51. The third-order valence-corrected chi connectivity index (χ3v) is 8.44. The Morgan fingerprint density at radius 2 is 1.93 bits per heavy atom. The van der Waals surface area contributed by atoms with E-state index in [4.69, 9.17) is 19.6 Å². The number of amides is 1. The van der Waals surface area contributed by atoms with Crippen LogP contribution in [0.2, 0.25) is 0 Å². The summed E-state index contributed by atoms with van der Waals surface area (Å²) in [7, 11) is 1.54. The van der Waals surface area contributed by atoms with Crippen molar-refractivity contribution < 1.29 is 18.7 Å². The van der Waals surface area contributed by atoms with Crippen molar-refractivity contribution >= 4 is 45.2 Å². The number of aryl methyl sites for hydroxylation is 1. The van der Waals surface area contributed by atoms with Crippen LogP contribution in [-0.4, -0.2) is 33.5 Å². The molecule has 0 saturated heterocycles. The number of hydrogen-bond acceptors (Lipinski definition) is 7. The van der Waals surface area contributed by atoms with Crippen LogP contribution in [0.25, 0.3) is 0 Å². The lowest BCUT2D eigenvalue weighted by Gasteiger charge is -2.29. The first-order valence-corrected chi connectivity index (χ1v) is 15.3. The van der Waals surface area contributed by atoms with Crippen molar-refractivity contribution in [3.8, 4) is 11.5 Å². The summed E-state index contributed by atoms with van der Waals surface area (Å²) in [5.41, 5.74) is 3.97. The van der Waals surface area contributed by atoms with Crippen molar-refractivity contribution in [3.05, 3.63) is 98.9 Å². The summed E-state index contributed by atoms with van der Waals surface area (Å²) in [4.78, 5) is 18.6. The highest BCUT2D eigenvalue weighted by atomic mass is 79.9. The van der Waals surface area contributed by atoms with Gasteiger partial charge in [0.05, 0.1) is 17.2 Å². The number of thioether (sulfide) groups is 1. The number of fused-ring (bicyclic) bond motifs is 1. The number of methoxy groups -OCH3 is 1. The normalized spacial score (nSPS) is 14.3. The Kier molecular flexibility index (Phi) is 9.18. The van der Waals surface area contributed by atoms with Crippen molar-refractivity contribution in [2.45, 2.75) is 45.0 Å². The van der Waals surface area contributed by atoms with E-state index in [2.05, 4.69) is 33.5 Å². The Morgan fingerprint density at radius 1 is 1.17 bits per heavy atom. The molecule has 0 bridgehead atoms. The lowest BCUT2D eigenvalue weighted by atomic mass is 9.94. The molecule has 1 unspecified atom stereocenters. The number of carbonyl (C=O) groups is 1. The maximum Gasteiger partial charge on any atom is 0.255 e. The first kappa shape index (κ1) is 29.7. The zero-order valence-corrected chi connectivity index (χ0v) is 26.1. The topological polar surface area (TPSA) is 90.3 Å². The number of halogens is 2. The molecule has 1 aromatic heterocycles. The summed E-state index contributed by atoms with van der Waals surface area (Å²) in [6, 6.07) is 17.2. The Morgan fingerprint density at radius 3 is 2.67 bits per heavy atom. The average Bonchev–Trinajstić information content (AvgIpc) is 3.38. The van der Waals surface area contributed by atoms with Gasteiger partial charge >= 0.3 is 0 Å². The third-order valence-electron chi connectivity index (χ3n) is 6.80. The zero-order valence-electron chi connectivity index (χ0n) is 23.7. The van der Waals surface area contributed by atoms with Crippen LogP contribution in [-0.2, 0) is 11.4 Å². The number of anilines is 2. The fourth-order valence-corrected chi connectivity index (χ4v) is 5.95. The van der Waals surface area contributed by atoms with Crippen molar-refractivity contribution in [3.63, 3.8) is 0 Å². The lowest BCUT2D eigenvalue weighted by molar-refractivity contribution is -0.113. The van der Waals surface area contributed by atoms with Gasteiger partial charge in [0.2, 0.25) is 11.1 Å². The minimum Gasteiger partial charge on any atom is -0.493 e. The molecule has 3 aromatic carbocycles. The Labute approximate surface area is 256 Å². The number of hydrogen-bond donors (Lipinski definition) is 2.